The number of nitrogens with zero attached hydrogens (tertiary/aromatic N) is 2. The summed E-state index contributed by atoms with van der Waals surface area (Å²) < 4.78 is 0.988. The topological polar surface area (TPSA) is 91.4 Å². The highest BCUT2D eigenvalue weighted by Gasteiger charge is 2.51. The van der Waals surface area contributed by atoms with Crippen molar-refractivity contribution >= 4 is 63.4 Å². The number of hydrogen-bond donors (Lipinski definition) is 2. The molecule has 1 fully saturated rings. The monoisotopic (exact) mass is 654 g/mol. The number of fused-ring (bicyclic) bond motifs is 3. The maximum absolute atomic E-state index is 13.5. The second kappa shape index (κ2) is 9.59. The molecule has 3 aromatic rings. The van der Waals surface area contributed by atoms with Gasteiger partial charge in [-0.25, -0.2) is 4.98 Å². The molecule has 6 rings (SSSR count). The van der Waals surface area contributed by atoms with Gasteiger partial charge in [-0.2, -0.15) is 0 Å². The molecule has 2 unspecified atom stereocenters. The van der Waals surface area contributed by atoms with Crippen LogP contribution in [0.25, 0.3) is 0 Å². The molecule has 1 aromatic heterocycles. The number of hydrogen-bond acceptors (Lipinski definition) is 4. The summed E-state index contributed by atoms with van der Waals surface area (Å²) in [7, 11) is 0. The molecule has 0 radical (unpaired) electrons. The van der Waals surface area contributed by atoms with E-state index in [1.54, 1.807) is 11.1 Å². The third kappa shape index (κ3) is 4.61. The summed E-state index contributed by atoms with van der Waals surface area (Å²) in [4.78, 5) is 45.8. The minimum absolute atomic E-state index is 0.0362. The minimum Gasteiger partial charge on any atom is -0.326 e. The second-order valence-corrected chi connectivity index (χ2v) is 13.1. The Kier molecular flexibility index (Phi) is 6.45. The number of amides is 3. The van der Waals surface area contributed by atoms with Crippen LogP contribution in [0.15, 0.2) is 54.7 Å². The van der Waals surface area contributed by atoms with Crippen LogP contribution in [0.4, 0.5) is 11.5 Å². The third-order valence-electron chi connectivity index (χ3n) is 8.31. The first kappa shape index (κ1) is 26.3. The number of anilines is 2. The van der Waals surface area contributed by atoms with Gasteiger partial charge < -0.3 is 15.5 Å². The van der Waals surface area contributed by atoms with Gasteiger partial charge in [0, 0.05) is 31.5 Å². The Morgan fingerprint density at radius 2 is 1.95 bits per heavy atom. The van der Waals surface area contributed by atoms with Gasteiger partial charge >= 0.3 is 0 Å². The molecular formula is C30H28ClIN4O3. The number of carbonyl (C=O) groups excluding carboxylic acids is 3. The zero-order valence-corrected chi connectivity index (χ0v) is 24.6. The lowest BCUT2D eigenvalue weighted by Crippen LogP contribution is -2.50. The first-order valence-electron chi connectivity index (χ1n) is 13.0. The van der Waals surface area contributed by atoms with E-state index >= 15 is 0 Å². The number of aromatic nitrogens is 1. The third-order valence-corrected chi connectivity index (χ3v) is 9.15. The van der Waals surface area contributed by atoms with E-state index in [1.807, 2.05) is 62.4 Å². The lowest BCUT2D eigenvalue weighted by molar-refractivity contribution is -0.150. The van der Waals surface area contributed by atoms with E-state index in [0.29, 0.717) is 29.4 Å². The van der Waals surface area contributed by atoms with Crippen molar-refractivity contribution in [3.63, 3.8) is 0 Å². The van der Waals surface area contributed by atoms with Crippen LogP contribution in [0.1, 0.15) is 55.0 Å². The Labute approximate surface area is 245 Å². The van der Waals surface area contributed by atoms with Crippen molar-refractivity contribution in [1.29, 1.82) is 0 Å². The Hall–Kier alpha value is -2.98. The van der Waals surface area contributed by atoms with E-state index in [0.717, 1.165) is 38.7 Å². The highest BCUT2D eigenvalue weighted by atomic mass is 127. The lowest BCUT2D eigenvalue weighted by atomic mass is 9.78. The zero-order chi connectivity index (χ0) is 27.5. The van der Waals surface area contributed by atoms with Crippen molar-refractivity contribution < 1.29 is 14.4 Å². The quantitative estimate of drug-likeness (QED) is 0.356. The fourth-order valence-electron chi connectivity index (χ4n) is 6.29. The Morgan fingerprint density at radius 3 is 2.74 bits per heavy atom. The average Bonchev–Trinajstić information content (AvgIpc) is 3.38. The Balaban J connectivity index is 1.22. The largest absolute Gasteiger partial charge is 0.326 e. The SMILES string of the molecule is CC1(C)CCC(c2cc(Cl)cc(I)c2)N(CC(=O)Nc2ccc3c(c2)CC2(C3)C(=O)Nc3ncccc32)C1=O. The van der Waals surface area contributed by atoms with Crippen LogP contribution in [-0.4, -0.2) is 34.2 Å². The number of benzene rings is 2. The first-order chi connectivity index (χ1) is 18.6. The van der Waals surface area contributed by atoms with Crippen LogP contribution in [0.2, 0.25) is 5.02 Å². The molecule has 2 atom stereocenters. The summed E-state index contributed by atoms with van der Waals surface area (Å²) in [5, 5.41) is 6.54. The molecule has 3 amide bonds. The summed E-state index contributed by atoms with van der Waals surface area (Å²) in [6.45, 7) is 3.81. The molecular weight excluding hydrogens is 627 g/mol. The van der Waals surface area contributed by atoms with Crippen molar-refractivity contribution in [2.45, 2.75) is 51.0 Å². The van der Waals surface area contributed by atoms with Gasteiger partial charge in [-0.3, -0.25) is 14.4 Å². The Morgan fingerprint density at radius 1 is 1.15 bits per heavy atom. The molecule has 3 aliphatic rings. The summed E-state index contributed by atoms with van der Waals surface area (Å²) in [6.07, 6.45) is 4.31. The molecule has 2 N–H and O–H groups in total. The van der Waals surface area contributed by atoms with Crippen molar-refractivity contribution in [3.8, 4) is 0 Å². The van der Waals surface area contributed by atoms with E-state index < -0.39 is 10.8 Å². The molecule has 39 heavy (non-hydrogen) atoms. The predicted octanol–water partition coefficient (Wildman–Crippen LogP) is 5.66. The van der Waals surface area contributed by atoms with Crippen molar-refractivity contribution in [1.82, 2.24) is 9.88 Å². The normalized spacial score (nSPS) is 23.0. The number of rotatable bonds is 4. The van der Waals surface area contributed by atoms with Crippen LogP contribution in [0.5, 0.6) is 0 Å². The van der Waals surface area contributed by atoms with Crippen LogP contribution in [0, 0.1) is 8.99 Å². The fraction of sp³-hybridized carbons (Fsp3) is 0.333. The van der Waals surface area contributed by atoms with E-state index in [4.69, 9.17) is 11.6 Å². The molecule has 2 aliphatic heterocycles. The minimum atomic E-state index is -0.665. The standard InChI is InChI=1S/C30H28ClIN4O3/c1-29(2)8-7-24(18-10-20(31)13-21(32)11-18)36(28(29)39)16-25(37)34-22-6-5-17-14-30(15-19(17)12-22)23-4-3-9-33-26(23)35-27(30)38/h3-6,9-13,24H,7-8,14-16H2,1-2H3,(H,34,37)(H,33,35,38). The maximum atomic E-state index is 13.5. The summed E-state index contributed by atoms with van der Waals surface area (Å²) >= 11 is 8.55. The molecule has 200 valence electrons. The number of carbonyl (C=O) groups is 3. The summed E-state index contributed by atoms with van der Waals surface area (Å²) in [6, 6.07) is 15.2. The molecule has 7 nitrogen and oxygen atoms in total. The number of pyridine rings is 1. The number of halogens is 2. The number of likely N-dealkylation sites (tertiary alicyclic amines) is 1. The lowest BCUT2D eigenvalue weighted by Gasteiger charge is -2.43. The summed E-state index contributed by atoms with van der Waals surface area (Å²) in [5.41, 5.74) is 3.42. The van der Waals surface area contributed by atoms with Crippen molar-refractivity contribution in [2.24, 2.45) is 5.41 Å². The number of nitrogens with one attached hydrogen (secondary N) is 2. The van der Waals surface area contributed by atoms with Gasteiger partial charge in [0.05, 0.1) is 11.5 Å². The molecule has 1 aliphatic carbocycles. The van der Waals surface area contributed by atoms with E-state index in [9.17, 15) is 14.4 Å². The molecule has 3 heterocycles. The van der Waals surface area contributed by atoms with Crippen LogP contribution in [-0.2, 0) is 32.6 Å². The number of piperidine rings is 1. The molecule has 9 heteroatoms. The van der Waals surface area contributed by atoms with Gasteiger partial charge in [0.15, 0.2) is 0 Å². The van der Waals surface area contributed by atoms with E-state index in [1.165, 1.54) is 0 Å². The van der Waals surface area contributed by atoms with Gasteiger partial charge in [0.1, 0.15) is 12.4 Å². The van der Waals surface area contributed by atoms with E-state index in [-0.39, 0.29) is 30.3 Å². The average molecular weight is 655 g/mol. The van der Waals surface area contributed by atoms with Crippen molar-refractivity contribution in [2.75, 3.05) is 17.2 Å². The Bertz CT molecular complexity index is 1520. The van der Waals surface area contributed by atoms with Gasteiger partial charge in [-0.1, -0.05) is 37.6 Å². The van der Waals surface area contributed by atoms with Gasteiger partial charge in [-0.05, 0) is 101 Å². The van der Waals surface area contributed by atoms with E-state index in [2.05, 4.69) is 38.2 Å². The molecule has 2 aromatic carbocycles. The molecule has 0 bridgehead atoms. The van der Waals surface area contributed by atoms with Gasteiger partial charge in [0.25, 0.3) is 0 Å². The highest BCUT2D eigenvalue weighted by Crippen LogP contribution is 2.47. The molecule has 1 saturated heterocycles. The zero-order valence-electron chi connectivity index (χ0n) is 21.7. The summed E-state index contributed by atoms with van der Waals surface area (Å²) in [5.74, 6) is 0.288. The van der Waals surface area contributed by atoms with Crippen LogP contribution >= 0.6 is 34.2 Å². The highest BCUT2D eigenvalue weighted by molar-refractivity contribution is 14.1. The van der Waals surface area contributed by atoms with Crippen molar-refractivity contribution in [3.05, 3.63) is 85.6 Å². The fourth-order valence-corrected chi connectivity index (χ4v) is 7.41. The maximum Gasteiger partial charge on any atom is 0.244 e. The molecule has 1 spiro atoms. The second-order valence-electron chi connectivity index (χ2n) is 11.4. The predicted molar refractivity (Wildman–Crippen MR) is 159 cm³/mol. The van der Waals surface area contributed by atoms with Gasteiger partial charge in [-0.15, -0.1) is 0 Å². The van der Waals surface area contributed by atoms with Gasteiger partial charge in [0.2, 0.25) is 17.7 Å². The first-order valence-corrected chi connectivity index (χ1v) is 14.5. The smallest absolute Gasteiger partial charge is 0.244 e. The van der Waals surface area contributed by atoms with Crippen LogP contribution in [0.3, 0.4) is 0 Å². The molecule has 0 saturated carbocycles. The van der Waals surface area contributed by atoms with Crippen LogP contribution < -0.4 is 10.6 Å².